The number of carbonyl (C=O) groups excluding carboxylic acids is 1. The molecule has 0 aliphatic rings. The number of benzene rings is 1. The van der Waals surface area contributed by atoms with Crippen LogP contribution in [0.1, 0.15) is 26.3 Å². The SMILES string of the molecule is CCN(CCC(=O)O)C(=O)C(C)n1cnc2ccccc21. The Hall–Kier alpha value is -2.37. The number of carbonyl (C=O) groups is 2. The van der Waals surface area contributed by atoms with E-state index in [9.17, 15) is 9.59 Å². The Bertz CT molecular complexity index is 650. The number of carboxylic acids is 1. The fourth-order valence-corrected chi connectivity index (χ4v) is 2.32. The van der Waals surface area contributed by atoms with E-state index < -0.39 is 12.0 Å². The maximum atomic E-state index is 12.5. The summed E-state index contributed by atoms with van der Waals surface area (Å²) in [5.74, 6) is -0.996. The van der Waals surface area contributed by atoms with Crippen molar-refractivity contribution in [1.82, 2.24) is 14.5 Å². The summed E-state index contributed by atoms with van der Waals surface area (Å²) in [5.41, 5.74) is 1.73. The van der Waals surface area contributed by atoms with E-state index in [2.05, 4.69) is 4.98 Å². The number of nitrogens with zero attached hydrogens (tertiary/aromatic N) is 3. The van der Waals surface area contributed by atoms with Crippen LogP contribution in [0.15, 0.2) is 30.6 Å². The van der Waals surface area contributed by atoms with E-state index >= 15 is 0 Å². The molecule has 1 heterocycles. The third-order valence-corrected chi connectivity index (χ3v) is 3.54. The van der Waals surface area contributed by atoms with Crippen LogP contribution in [-0.2, 0) is 9.59 Å². The summed E-state index contributed by atoms with van der Waals surface area (Å²) in [5, 5.41) is 8.75. The lowest BCUT2D eigenvalue weighted by Crippen LogP contribution is -2.37. The second-order valence-electron chi connectivity index (χ2n) is 4.88. The number of amides is 1. The van der Waals surface area contributed by atoms with Gasteiger partial charge in [0, 0.05) is 13.1 Å². The minimum atomic E-state index is -0.901. The largest absolute Gasteiger partial charge is 0.481 e. The number of para-hydroxylation sites is 2. The van der Waals surface area contributed by atoms with Crippen LogP contribution in [0.4, 0.5) is 0 Å². The van der Waals surface area contributed by atoms with Crippen LogP contribution in [0, 0.1) is 0 Å². The molecule has 0 aliphatic heterocycles. The number of fused-ring (bicyclic) bond motifs is 1. The average Bonchev–Trinajstić information content (AvgIpc) is 2.90. The van der Waals surface area contributed by atoms with Gasteiger partial charge in [-0.3, -0.25) is 9.59 Å². The van der Waals surface area contributed by atoms with E-state index in [-0.39, 0.29) is 18.9 Å². The van der Waals surface area contributed by atoms with Crippen LogP contribution < -0.4 is 0 Å². The van der Waals surface area contributed by atoms with Gasteiger partial charge in [0.05, 0.1) is 23.8 Å². The minimum Gasteiger partial charge on any atom is -0.481 e. The maximum Gasteiger partial charge on any atom is 0.305 e. The van der Waals surface area contributed by atoms with Crippen molar-refractivity contribution >= 4 is 22.9 Å². The van der Waals surface area contributed by atoms with Gasteiger partial charge in [-0.05, 0) is 26.0 Å². The summed E-state index contributed by atoms with van der Waals surface area (Å²) < 4.78 is 1.82. The molecule has 6 nitrogen and oxygen atoms in total. The Balaban J connectivity index is 2.19. The first-order chi connectivity index (χ1) is 10.0. The number of likely N-dealkylation sites (N-methyl/N-ethyl adjacent to an activating group) is 1. The van der Waals surface area contributed by atoms with Gasteiger partial charge in [0.15, 0.2) is 0 Å². The van der Waals surface area contributed by atoms with Gasteiger partial charge in [-0.1, -0.05) is 12.1 Å². The second kappa shape index (κ2) is 6.39. The molecule has 0 aliphatic carbocycles. The van der Waals surface area contributed by atoms with Gasteiger partial charge in [0.1, 0.15) is 6.04 Å². The Labute approximate surface area is 123 Å². The van der Waals surface area contributed by atoms with Gasteiger partial charge in [-0.2, -0.15) is 0 Å². The third kappa shape index (κ3) is 3.21. The van der Waals surface area contributed by atoms with Gasteiger partial charge in [0.2, 0.25) is 5.91 Å². The van der Waals surface area contributed by atoms with Gasteiger partial charge in [0.25, 0.3) is 0 Å². The van der Waals surface area contributed by atoms with Crippen molar-refractivity contribution < 1.29 is 14.7 Å². The quantitative estimate of drug-likeness (QED) is 0.881. The molecule has 0 spiro atoms. The van der Waals surface area contributed by atoms with Crippen molar-refractivity contribution in [2.75, 3.05) is 13.1 Å². The Morgan fingerprint density at radius 1 is 1.38 bits per heavy atom. The highest BCUT2D eigenvalue weighted by Gasteiger charge is 2.22. The Kier molecular flexibility index (Phi) is 4.57. The summed E-state index contributed by atoms with van der Waals surface area (Å²) in [4.78, 5) is 29.0. The first kappa shape index (κ1) is 15.0. The van der Waals surface area contributed by atoms with Crippen LogP contribution >= 0.6 is 0 Å². The summed E-state index contributed by atoms with van der Waals surface area (Å²) >= 11 is 0. The van der Waals surface area contributed by atoms with Crippen LogP contribution in [0.5, 0.6) is 0 Å². The van der Waals surface area contributed by atoms with E-state index in [1.54, 1.807) is 18.2 Å². The van der Waals surface area contributed by atoms with Crippen LogP contribution in [0.2, 0.25) is 0 Å². The fraction of sp³-hybridized carbons (Fsp3) is 0.400. The van der Waals surface area contributed by atoms with Gasteiger partial charge >= 0.3 is 5.97 Å². The van der Waals surface area contributed by atoms with Crippen molar-refractivity contribution in [1.29, 1.82) is 0 Å². The van der Waals surface area contributed by atoms with E-state index in [1.165, 1.54) is 0 Å². The average molecular weight is 289 g/mol. The van der Waals surface area contributed by atoms with E-state index in [1.807, 2.05) is 35.8 Å². The van der Waals surface area contributed by atoms with E-state index in [0.717, 1.165) is 11.0 Å². The minimum absolute atomic E-state index is 0.0447. The molecule has 1 amide bonds. The van der Waals surface area contributed by atoms with Crippen molar-refractivity contribution in [2.45, 2.75) is 26.3 Å². The molecule has 1 atom stereocenters. The number of aliphatic carboxylic acids is 1. The van der Waals surface area contributed by atoms with Crippen LogP contribution in [0.3, 0.4) is 0 Å². The summed E-state index contributed by atoms with van der Waals surface area (Å²) in [6.07, 6.45) is 1.61. The number of hydrogen-bond donors (Lipinski definition) is 1. The Morgan fingerprint density at radius 3 is 2.76 bits per heavy atom. The molecular formula is C15H19N3O3. The van der Waals surface area contributed by atoms with Gasteiger partial charge < -0.3 is 14.6 Å². The summed E-state index contributed by atoms with van der Waals surface area (Å²) in [6, 6.07) is 7.20. The third-order valence-electron chi connectivity index (χ3n) is 3.54. The highest BCUT2D eigenvalue weighted by molar-refractivity contribution is 5.84. The predicted molar refractivity (Wildman–Crippen MR) is 79.0 cm³/mol. The predicted octanol–water partition coefficient (Wildman–Crippen LogP) is 1.92. The van der Waals surface area contributed by atoms with Crippen molar-refractivity contribution in [2.24, 2.45) is 0 Å². The van der Waals surface area contributed by atoms with Crippen LogP contribution in [0.25, 0.3) is 11.0 Å². The van der Waals surface area contributed by atoms with Crippen LogP contribution in [-0.4, -0.2) is 44.5 Å². The topological polar surface area (TPSA) is 75.4 Å². The molecule has 21 heavy (non-hydrogen) atoms. The first-order valence-corrected chi connectivity index (χ1v) is 6.96. The number of hydrogen-bond acceptors (Lipinski definition) is 3. The molecule has 2 rings (SSSR count). The highest BCUT2D eigenvalue weighted by atomic mass is 16.4. The molecule has 0 saturated carbocycles. The fourth-order valence-electron chi connectivity index (χ4n) is 2.32. The van der Waals surface area contributed by atoms with E-state index in [4.69, 9.17) is 5.11 Å². The zero-order valence-corrected chi connectivity index (χ0v) is 12.2. The zero-order chi connectivity index (χ0) is 15.4. The second-order valence-corrected chi connectivity index (χ2v) is 4.88. The molecule has 0 bridgehead atoms. The lowest BCUT2D eigenvalue weighted by molar-refractivity contribution is -0.139. The molecule has 1 unspecified atom stereocenters. The number of carboxylic acid groups (broad SMARTS) is 1. The number of rotatable bonds is 6. The smallest absolute Gasteiger partial charge is 0.305 e. The summed E-state index contributed by atoms with van der Waals surface area (Å²) in [7, 11) is 0. The van der Waals surface area contributed by atoms with Gasteiger partial charge in [-0.25, -0.2) is 4.98 Å². The molecular weight excluding hydrogens is 270 g/mol. The molecule has 1 aromatic carbocycles. The lowest BCUT2D eigenvalue weighted by Gasteiger charge is -2.24. The zero-order valence-electron chi connectivity index (χ0n) is 12.2. The number of aromatic nitrogens is 2. The summed E-state index contributed by atoms with van der Waals surface area (Å²) in [6.45, 7) is 4.36. The van der Waals surface area contributed by atoms with Gasteiger partial charge in [-0.15, -0.1) is 0 Å². The maximum absolute atomic E-state index is 12.5. The van der Waals surface area contributed by atoms with E-state index in [0.29, 0.717) is 6.54 Å². The molecule has 0 radical (unpaired) electrons. The molecule has 112 valence electrons. The van der Waals surface area contributed by atoms with Crippen molar-refractivity contribution in [3.05, 3.63) is 30.6 Å². The molecule has 0 saturated heterocycles. The molecule has 1 N–H and O–H groups in total. The standard InChI is InChI=1S/C15H19N3O3/c1-3-17(9-8-14(19)20)15(21)11(2)18-10-16-12-6-4-5-7-13(12)18/h4-7,10-11H,3,8-9H2,1-2H3,(H,19,20). The Morgan fingerprint density at radius 2 is 2.10 bits per heavy atom. The van der Waals surface area contributed by atoms with Crippen molar-refractivity contribution in [3.63, 3.8) is 0 Å². The molecule has 0 fully saturated rings. The molecule has 2 aromatic rings. The molecule has 1 aromatic heterocycles. The normalized spacial score (nSPS) is 12.3. The van der Waals surface area contributed by atoms with Crippen molar-refractivity contribution in [3.8, 4) is 0 Å². The monoisotopic (exact) mass is 289 g/mol. The molecule has 6 heteroatoms. The lowest BCUT2D eigenvalue weighted by atomic mass is 10.2. The first-order valence-electron chi connectivity index (χ1n) is 6.96. The number of imidazole rings is 1. The highest BCUT2D eigenvalue weighted by Crippen LogP contribution is 2.19.